The van der Waals surface area contributed by atoms with Crippen molar-refractivity contribution in [2.45, 2.75) is 4.90 Å². The summed E-state index contributed by atoms with van der Waals surface area (Å²) < 4.78 is 37.9. The van der Waals surface area contributed by atoms with Crippen LogP contribution < -0.4 is 14.8 Å². The third-order valence-corrected chi connectivity index (χ3v) is 6.31. The molecule has 2 aromatic rings. The van der Waals surface area contributed by atoms with Gasteiger partial charge in [-0.25, -0.2) is 13.8 Å². The van der Waals surface area contributed by atoms with Crippen LogP contribution in [0.15, 0.2) is 52.1 Å². The van der Waals surface area contributed by atoms with E-state index in [9.17, 15) is 13.6 Å². The number of benzene rings is 2. The molecule has 0 bridgehead atoms. The highest BCUT2D eigenvalue weighted by Gasteiger charge is 2.33. The third kappa shape index (κ3) is 3.52. The normalized spacial score (nSPS) is 17.0. The summed E-state index contributed by atoms with van der Waals surface area (Å²) in [7, 11) is 0. The Morgan fingerprint density at radius 2 is 2.00 bits per heavy atom. The summed E-state index contributed by atoms with van der Waals surface area (Å²) in [5.74, 6) is -1.02. The van der Waals surface area contributed by atoms with Crippen molar-refractivity contribution in [3.63, 3.8) is 0 Å². The standard InChI is InChI=1S/C20H11Cl2F2N3O3S/c21-10-6-13-19(30-8-29-13)18(22)16(10)17-12-2-4-15(26-27(12)7-25-20(17)28)31-14-3-1-9(23)5-11(14)24/h1-6H,7-8H2,(H,25,28). The van der Waals surface area contributed by atoms with Gasteiger partial charge in [-0.3, -0.25) is 4.79 Å². The van der Waals surface area contributed by atoms with Crippen molar-refractivity contribution in [1.29, 1.82) is 0 Å². The van der Waals surface area contributed by atoms with Crippen LogP contribution in [0.1, 0.15) is 5.56 Å². The first-order valence-electron chi connectivity index (χ1n) is 8.90. The van der Waals surface area contributed by atoms with Crippen LogP contribution in [0.2, 0.25) is 10.0 Å². The van der Waals surface area contributed by atoms with Crippen LogP contribution in [0.25, 0.3) is 5.57 Å². The van der Waals surface area contributed by atoms with Crippen LogP contribution in [0.3, 0.4) is 0 Å². The van der Waals surface area contributed by atoms with Gasteiger partial charge in [-0.15, -0.1) is 0 Å². The Kier molecular flexibility index (Phi) is 5.04. The number of carbonyl (C=O) groups is 1. The molecule has 3 aliphatic heterocycles. The maximum Gasteiger partial charge on any atom is 0.255 e. The van der Waals surface area contributed by atoms with Gasteiger partial charge in [0.25, 0.3) is 5.91 Å². The topological polar surface area (TPSA) is 63.2 Å². The van der Waals surface area contributed by atoms with E-state index in [-0.39, 0.29) is 39.9 Å². The highest BCUT2D eigenvalue weighted by molar-refractivity contribution is 8.14. The number of ether oxygens (including phenoxy) is 2. The first kappa shape index (κ1) is 20.2. The first-order chi connectivity index (χ1) is 14.9. The van der Waals surface area contributed by atoms with Crippen molar-refractivity contribution in [3.8, 4) is 11.5 Å². The predicted octanol–water partition coefficient (Wildman–Crippen LogP) is 4.78. The van der Waals surface area contributed by atoms with Crippen molar-refractivity contribution < 1.29 is 23.0 Å². The van der Waals surface area contributed by atoms with E-state index in [1.54, 1.807) is 18.2 Å². The van der Waals surface area contributed by atoms with E-state index in [0.717, 1.165) is 17.8 Å². The summed E-state index contributed by atoms with van der Waals surface area (Å²) in [5.41, 5.74) is 0.984. The zero-order valence-electron chi connectivity index (χ0n) is 15.4. The van der Waals surface area contributed by atoms with Gasteiger partial charge in [0.05, 0.1) is 21.3 Å². The molecule has 0 aliphatic carbocycles. The summed E-state index contributed by atoms with van der Waals surface area (Å²) in [6, 6.07) is 4.86. The Morgan fingerprint density at radius 1 is 1.16 bits per heavy atom. The lowest BCUT2D eigenvalue weighted by atomic mass is 9.99. The molecule has 3 heterocycles. The number of halogens is 4. The van der Waals surface area contributed by atoms with Gasteiger partial charge in [0.1, 0.15) is 23.3 Å². The summed E-state index contributed by atoms with van der Waals surface area (Å²) in [5, 5.41) is 9.55. The Balaban J connectivity index is 1.54. The third-order valence-electron chi connectivity index (χ3n) is 4.67. The summed E-state index contributed by atoms with van der Waals surface area (Å²) >= 11 is 13.9. The minimum Gasteiger partial charge on any atom is -0.453 e. The first-order valence-corrected chi connectivity index (χ1v) is 10.5. The van der Waals surface area contributed by atoms with E-state index in [0.29, 0.717) is 27.8 Å². The lowest BCUT2D eigenvalue weighted by molar-refractivity contribution is -0.116. The molecular weight excluding hydrogens is 471 g/mol. The number of hydrogen-bond acceptors (Lipinski definition) is 6. The van der Waals surface area contributed by atoms with Gasteiger partial charge in [0, 0.05) is 22.6 Å². The molecule has 6 nitrogen and oxygen atoms in total. The molecule has 0 unspecified atom stereocenters. The summed E-state index contributed by atoms with van der Waals surface area (Å²) in [6.07, 6.45) is 3.30. The Hall–Kier alpha value is -2.75. The molecule has 31 heavy (non-hydrogen) atoms. The van der Waals surface area contributed by atoms with Gasteiger partial charge in [0.2, 0.25) is 6.79 Å². The van der Waals surface area contributed by atoms with Crippen LogP contribution >= 0.6 is 35.0 Å². The Labute approximate surface area is 189 Å². The van der Waals surface area contributed by atoms with Crippen LogP contribution in [-0.2, 0) is 4.79 Å². The smallest absolute Gasteiger partial charge is 0.255 e. The molecule has 0 fully saturated rings. The fraction of sp³-hybridized carbons (Fsp3) is 0.100. The molecule has 1 amide bonds. The van der Waals surface area contributed by atoms with E-state index < -0.39 is 11.6 Å². The average Bonchev–Trinajstić information content (AvgIpc) is 3.20. The average molecular weight is 482 g/mol. The second kappa shape index (κ2) is 7.74. The fourth-order valence-corrected chi connectivity index (χ4v) is 4.77. The molecule has 0 aromatic heterocycles. The Morgan fingerprint density at radius 3 is 2.81 bits per heavy atom. The van der Waals surface area contributed by atoms with Gasteiger partial charge < -0.3 is 14.8 Å². The zero-order chi connectivity index (χ0) is 21.7. The SMILES string of the molecule is O=C1NCN2N=C(Sc3ccc(F)cc3F)C=CC2=C1c1c(Cl)cc2c(c1Cl)OCO2. The number of rotatable bonds is 2. The number of hydrogen-bond donors (Lipinski definition) is 1. The molecule has 0 atom stereocenters. The highest BCUT2D eigenvalue weighted by atomic mass is 35.5. The number of amides is 1. The fourth-order valence-electron chi connectivity index (χ4n) is 3.30. The van der Waals surface area contributed by atoms with Crippen molar-refractivity contribution >= 4 is 51.5 Å². The van der Waals surface area contributed by atoms with Gasteiger partial charge in [-0.1, -0.05) is 35.0 Å². The molecule has 2 aromatic carbocycles. The van der Waals surface area contributed by atoms with Crippen molar-refractivity contribution in [2.75, 3.05) is 13.5 Å². The van der Waals surface area contributed by atoms with Crippen molar-refractivity contribution in [1.82, 2.24) is 10.3 Å². The molecule has 11 heteroatoms. The minimum absolute atomic E-state index is 0.00376. The maximum absolute atomic E-state index is 14.0. The van der Waals surface area contributed by atoms with E-state index in [1.165, 1.54) is 17.1 Å². The number of nitrogens with zero attached hydrogens (tertiary/aromatic N) is 2. The van der Waals surface area contributed by atoms with E-state index in [1.807, 2.05) is 0 Å². The zero-order valence-corrected chi connectivity index (χ0v) is 17.7. The number of fused-ring (bicyclic) bond motifs is 2. The van der Waals surface area contributed by atoms with Crippen molar-refractivity contribution in [2.24, 2.45) is 5.10 Å². The minimum atomic E-state index is -0.686. The van der Waals surface area contributed by atoms with Gasteiger partial charge in [-0.05, 0) is 24.3 Å². The molecule has 0 spiro atoms. The molecule has 1 N–H and O–H groups in total. The molecule has 0 saturated heterocycles. The molecule has 0 saturated carbocycles. The van der Waals surface area contributed by atoms with Gasteiger partial charge >= 0.3 is 0 Å². The number of hydrazone groups is 1. The Bertz CT molecular complexity index is 1230. The van der Waals surface area contributed by atoms with Crippen molar-refractivity contribution in [3.05, 3.63) is 69.4 Å². The van der Waals surface area contributed by atoms with Crippen LogP contribution in [0.5, 0.6) is 11.5 Å². The predicted molar refractivity (Wildman–Crippen MR) is 113 cm³/mol. The molecule has 5 rings (SSSR count). The lowest BCUT2D eigenvalue weighted by Crippen LogP contribution is -2.42. The lowest BCUT2D eigenvalue weighted by Gasteiger charge is -2.31. The second-order valence-electron chi connectivity index (χ2n) is 6.55. The van der Waals surface area contributed by atoms with Gasteiger partial charge in [-0.2, -0.15) is 5.10 Å². The molecular formula is C20H11Cl2F2N3O3S. The highest BCUT2D eigenvalue weighted by Crippen LogP contribution is 2.48. The van der Waals surface area contributed by atoms with E-state index in [4.69, 9.17) is 32.7 Å². The largest absolute Gasteiger partial charge is 0.453 e. The van der Waals surface area contributed by atoms with Crippen LogP contribution in [-0.4, -0.2) is 29.4 Å². The number of carbonyl (C=O) groups excluding carboxylic acids is 1. The maximum atomic E-state index is 14.0. The van der Waals surface area contributed by atoms with Crippen LogP contribution in [0, 0.1) is 11.6 Å². The molecule has 3 aliphatic rings. The summed E-state index contributed by atoms with van der Waals surface area (Å²) in [4.78, 5) is 13.0. The van der Waals surface area contributed by atoms with E-state index >= 15 is 0 Å². The molecule has 158 valence electrons. The number of thioether (sulfide) groups is 1. The second-order valence-corrected chi connectivity index (χ2v) is 8.40. The number of nitrogens with one attached hydrogen (secondary N) is 1. The summed E-state index contributed by atoms with van der Waals surface area (Å²) in [6.45, 7) is 0.0988. The van der Waals surface area contributed by atoms with Crippen LogP contribution in [0.4, 0.5) is 8.78 Å². The quantitative estimate of drug-likeness (QED) is 0.668. The number of allylic oxidation sites excluding steroid dienone is 1. The monoisotopic (exact) mass is 481 g/mol. The molecule has 0 radical (unpaired) electrons. The van der Waals surface area contributed by atoms with E-state index in [2.05, 4.69) is 10.4 Å². The van der Waals surface area contributed by atoms with Gasteiger partial charge in [0.15, 0.2) is 11.5 Å².